The summed E-state index contributed by atoms with van der Waals surface area (Å²) in [5, 5.41) is 3.48. The van der Waals surface area contributed by atoms with Gasteiger partial charge in [-0.2, -0.15) is 0 Å². The molecule has 0 saturated carbocycles. The van der Waals surface area contributed by atoms with Crippen LogP contribution in [0.15, 0.2) is 60.8 Å². The van der Waals surface area contributed by atoms with Gasteiger partial charge in [0.25, 0.3) is 5.91 Å². The Bertz CT molecular complexity index is 986. The van der Waals surface area contributed by atoms with Crippen molar-refractivity contribution in [1.82, 2.24) is 4.98 Å². The summed E-state index contributed by atoms with van der Waals surface area (Å²) in [4.78, 5) is 19.1. The molecule has 1 aliphatic rings. The second kappa shape index (κ2) is 6.81. The van der Waals surface area contributed by atoms with Crippen molar-refractivity contribution in [2.45, 2.75) is 13.3 Å². The van der Waals surface area contributed by atoms with Gasteiger partial charge in [0.2, 0.25) is 0 Å². The van der Waals surface area contributed by atoms with Crippen molar-refractivity contribution < 1.29 is 4.79 Å². The van der Waals surface area contributed by atoms with E-state index in [0.717, 1.165) is 24.2 Å². The van der Waals surface area contributed by atoms with Gasteiger partial charge in [0.1, 0.15) is 5.69 Å². The first-order chi connectivity index (χ1) is 12.6. The van der Waals surface area contributed by atoms with Crippen LogP contribution in [-0.2, 0) is 6.42 Å². The van der Waals surface area contributed by atoms with E-state index in [-0.39, 0.29) is 5.91 Å². The number of rotatable bonds is 3. The average Bonchev–Trinajstić information content (AvgIpc) is 3.09. The maximum Gasteiger partial charge on any atom is 0.274 e. The summed E-state index contributed by atoms with van der Waals surface area (Å²) in [5.74, 6) is -0.246. The normalized spacial score (nSPS) is 12.8. The summed E-state index contributed by atoms with van der Waals surface area (Å²) < 4.78 is 0. The van der Waals surface area contributed by atoms with Crippen molar-refractivity contribution >= 4 is 34.6 Å². The van der Waals surface area contributed by atoms with E-state index in [1.807, 2.05) is 31.2 Å². The fraction of sp³-hybridized carbons (Fsp3) is 0.143. The molecule has 1 aromatic heterocycles. The average molecular weight is 364 g/mol. The highest BCUT2D eigenvalue weighted by Crippen LogP contribution is 2.34. The lowest BCUT2D eigenvalue weighted by Crippen LogP contribution is -2.17. The lowest BCUT2D eigenvalue weighted by molar-refractivity contribution is 0.102. The van der Waals surface area contributed by atoms with Gasteiger partial charge in [-0.3, -0.25) is 9.78 Å². The molecule has 1 amide bonds. The molecule has 4 rings (SSSR count). The minimum Gasteiger partial charge on any atom is -0.341 e. The lowest BCUT2D eigenvalue weighted by atomic mass is 10.2. The third-order valence-electron chi connectivity index (χ3n) is 4.62. The highest BCUT2D eigenvalue weighted by Gasteiger charge is 2.21. The van der Waals surface area contributed by atoms with Gasteiger partial charge in [-0.25, -0.2) is 0 Å². The Balaban J connectivity index is 1.60. The fourth-order valence-electron chi connectivity index (χ4n) is 3.23. The number of pyridine rings is 1. The number of benzene rings is 2. The molecule has 26 heavy (non-hydrogen) atoms. The number of halogens is 1. The van der Waals surface area contributed by atoms with Crippen molar-refractivity contribution in [3.8, 4) is 0 Å². The predicted molar refractivity (Wildman–Crippen MR) is 106 cm³/mol. The number of aromatic nitrogens is 1. The zero-order valence-corrected chi connectivity index (χ0v) is 15.1. The molecular weight excluding hydrogens is 346 g/mol. The minimum absolute atomic E-state index is 0.246. The molecule has 0 radical (unpaired) electrons. The molecule has 0 saturated heterocycles. The molecule has 0 unspecified atom stereocenters. The summed E-state index contributed by atoms with van der Waals surface area (Å²) in [6, 6.07) is 17.5. The molecule has 4 nitrogen and oxygen atoms in total. The van der Waals surface area contributed by atoms with Gasteiger partial charge in [0, 0.05) is 34.8 Å². The van der Waals surface area contributed by atoms with Crippen LogP contribution >= 0.6 is 11.6 Å². The first-order valence-electron chi connectivity index (χ1n) is 8.51. The quantitative estimate of drug-likeness (QED) is 0.713. The third kappa shape index (κ3) is 3.16. The molecule has 0 atom stereocenters. The van der Waals surface area contributed by atoms with E-state index in [1.165, 1.54) is 11.3 Å². The van der Waals surface area contributed by atoms with Gasteiger partial charge < -0.3 is 10.2 Å². The molecular formula is C21H18ClN3O. The molecule has 1 N–H and O–H groups in total. The van der Waals surface area contributed by atoms with Gasteiger partial charge in [-0.05, 0) is 54.8 Å². The number of fused-ring (bicyclic) bond motifs is 1. The highest BCUT2D eigenvalue weighted by molar-refractivity contribution is 6.31. The number of hydrogen-bond acceptors (Lipinski definition) is 3. The maximum absolute atomic E-state index is 12.7. The van der Waals surface area contributed by atoms with Crippen molar-refractivity contribution in [2.24, 2.45) is 0 Å². The maximum atomic E-state index is 12.7. The van der Waals surface area contributed by atoms with Crippen LogP contribution in [0.3, 0.4) is 0 Å². The second-order valence-corrected chi connectivity index (χ2v) is 6.78. The van der Waals surface area contributed by atoms with Gasteiger partial charge in [-0.1, -0.05) is 35.9 Å². The van der Waals surface area contributed by atoms with E-state index in [1.54, 1.807) is 18.3 Å². The van der Waals surface area contributed by atoms with Crippen LogP contribution in [0, 0.1) is 6.92 Å². The van der Waals surface area contributed by atoms with E-state index >= 15 is 0 Å². The van der Waals surface area contributed by atoms with E-state index in [4.69, 9.17) is 11.6 Å². The van der Waals surface area contributed by atoms with Crippen molar-refractivity contribution in [3.05, 3.63) is 82.6 Å². The Labute approximate surface area is 157 Å². The van der Waals surface area contributed by atoms with Gasteiger partial charge in [-0.15, -0.1) is 0 Å². The van der Waals surface area contributed by atoms with Crippen LogP contribution < -0.4 is 10.2 Å². The Morgan fingerprint density at radius 2 is 2.00 bits per heavy atom. The molecule has 130 valence electrons. The number of para-hydroxylation sites is 1. The topological polar surface area (TPSA) is 45.2 Å². The Hall–Kier alpha value is -2.85. The number of hydrogen-bond donors (Lipinski definition) is 1. The number of nitrogens with zero attached hydrogens (tertiary/aromatic N) is 2. The van der Waals surface area contributed by atoms with Gasteiger partial charge >= 0.3 is 0 Å². The third-order valence-corrected chi connectivity index (χ3v) is 4.86. The molecule has 3 aromatic rings. The van der Waals surface area contributed by atoms with Crippen molar-refractivity contribution in [2.75, 3.05) is 16.8 Å². The summed E-state index contributed by atoms with van der Waals surface area (Å²) in [5.41, 5.74) is 5.51. The first-order valence-corrected chi connectivity index (χ1v) is 8.88. The first kappa shape index (κ1) is 16.6. The number of carbonyl (C=O) groups is 1. The number of aryl methyl sites for hydroxylation is 1. The van der Waals surface area contributed by atoms with Crippen LogP contribution in [0.5, 0.6) is 0 Å². The molecule has 0 bridgehead atoms. The van der Waals surface area contributed by atoms with E-state index in [9.17, 15) is 4.79 Å². The molecule has 0 fully saturated rings. The van der Waals surface area contributed by atoms with Crippen molar-refractivity contribution in [3.63, 3.8) is 0 Å². The van der Waals surface area contributed by atoms with Crippen LogP contribution in [-0.4, -0.2) is 17.4 Å². The van der Waals surface area contributed by atoms with Gasteiger partial charge in [0.05, 0.1) is 0 Å². The van der Waals surface area contributed by atoms with Crippen LogP contribution in [0.2, 0.25) is 5.02 Å². The summed E-state index contributed by atoms with van der Waals surface area (Å²) in [6.45, 7) is 2.83. The fourth-order valence-corrected chi connectivity index (χ4v) is 3.41. The minimum atomic E-state index is -0.246. The predicted octanol–water partition coefficient (Wildman–Crippen LogP) is 4.99. The summed E-state index contributed by atoms with van der Waals surface area (Å²) in [7, 11) is 0. The molecule has 5 heteroatoms. The zero-order chi connectivity index (χ0) is 18.1. The summed E-state index contributed by atoms with van der Waals surface area (Å²) in [6.07, 6.45) is 2.68. The Morgan fingerprint density at radius 1 is 1.15 bits per heavy atom. The largest absolute Gasteiger partial charge is 0.341 e. The number of nitrogens with one attached hydrogen (secondary N) is 1. The Kier molecular flexibility index (Phi) is 4.35. The van der Waals surface area contributed by atoms with E-state index in [0.29, 0.717) is 16.4 Å². The number of anilines is 3. The standard InChI is InChI=1S/C21H18ClN3O/c1-14-6-7-16(22)12-18(14)24-21(26)19-13-17(8-10-23-19)25-11-9-15-4-2-3-5-20(15)25/h2-8,10,12-13H,9,11H2,1H3,(H,24,26). The van der Waals surface area contributed by atoms with E-state index < -0.39 is 0 Å². The van der Waals surface area contributed by atoms with Crippen molar-refractivity contribution in [1.29, 1.82) is 0 Å². The van der Waals surface area contributed by atoms with Gasteiger partial charge in [0.15, 0.2) is 0 Å². The van der Waals surface area contributed by atoms with Crippen LogP contribution in [0.1, 0.15) is 21.6 Å². The molecule has 0 spiro atoms. The smallest absolute Gasteiger partial charge is 0.274 e. The molecule has 0 aliphatic carbocycles. The van der Waals surface area contributed by atoms with Crippen LogP contribution in [0.25, 0.3) is 0 Å². The highest BCUT2D eigenvalue weighted by atomic mass is 35.5. The molecule has 2 heterocycles. The zero-order valence-electron chi connectivity index (χ0n) is 14.4. The number of amides is 1. The lowest BCUT2D eigenvalue weighted by Gasteiger charge is -2.20. The molecule has 1 aliphatic heterocycles. The Morgan fingerprint density at radius 3 is 2.88 bits per heavy atom. The second-order valence-electron chi connectivity index (χ2n) is 6.34. The van der Waals surface area contributed by atoms with E-state index in [2.05, 4.69) is 33.4 Å². The number of carbonyl (C=O) groups excluding carboxylic acids is 1. The monoisotopic (exact) mass is 363 g/mol. The molecule has 2 aromatic carbocycles. The SMILES string of the molecule is Cc1ccc(Cl)cc1NC(=O)c1cc(N2CCc3ccccc32)ccn1. The summed E-state index contributed by atoms with van der Waals surface area (Å²) >= 11 is 6.03. The van der Waals surface area contributed by atoms with Crippen LogP contribution in [0.4, 0.5) is 17.1 Å².